The number of ether oxygens (including phenoxy) is 2. The van der Waals surface area contributed by atoms with Gasteiger partial charge in [0, 0.05) is 0 Å². The minimum atomic E-state index is -0.725. The quantitative estimate of drug-likeness (QED) is 0.578. The average molecular weight is 318 g/mol. The Morgan fingerprint density at radius 2 is 1.69 bits per heavy atom. The van der Waals surface area contributed by atoms with Gasteiger partial charge in [0.15, 0.2) is 0 Å². The summed E-state index contributed by atoms with van der Waals surface area (Å²) in [7, 11) is 1.25. The molecule has 2 unspecified atom stereocenters. The van der Waals surface area contributed by atoms with E-state index in [1.54, 1.807) is 6.92 Å². The number of hydrogen-bond acceptors (Lipinski definition) is 4. The highest BCUT2D eigenvalue weighted by molar-refractivity contribution is 9.12. The van der Waals surface area contributed by atoms with Crippen LogP contribution >= 0.6 is 31.9 Å². The lowest BCUT2D eigenvalue weighted by Crippen LogP contribution is -2.33. The molecule has 0 aromatic heterocycles. The molecule has 0 fully saturated rings. The molecule has 76 valence electrons. The van der Waals surface area contributed by atoms with Gasteiger partial charge in [-0.2, -0.15) is 0 Å². The van der Waals surface area contributed by atoms with E-state index < -0.39 is 21.6 Å². The number of carbonyl (C=O) groups excluding carboxylic acids is 2. The van der Waals surface area contributed by atoms with Crippen LogP contribution in [0, 0.1) is 0 Å². The molecule has 0 heterocycles. The molecular formula is C7H10Br2O4. The van der Waals surface area contributed by atoms with E-state index in [1.807, 2.05) is 0 Å². The maximum Gasteiger partial charge on any atom is 0.321 e. The monoisotopic (exact) mass is 316 g/mol. The number of hydrogen-bond donors (Lipinski definition) is 0. The van der Waals surface area contributed by atoms with Gasteiger partial charge in [0.2, 0.25) is 0 Å². The molecule has 0 bridgehead atoms. The fraction of sp³-hybridized carbons (Fsp3) is 0.714. The Hall–Kier alpha value is -0.100. The Morgan fingerprint density at radius 1 is 1.23 bits per heavy atom. The Labute approximate surface area is 93.2 Å². The Bertz CT molecular complexity index is 195. The third-order valence-corrected chi connectivity index (χ3v) is 3.71. The van der Waals surface area contributed by atoms with Gasteiger partial charge in [-0.3, -0.25) is 9.59 Å². The molecule has 0 spiro atoms. The van der Waals surface area contributed by atoms with Crippen molar-refractivity contribution in [2.45, 2.75) is 16.6 Å². The van der Waals surface area contributed by atoms with Crippen molar-refractivity contribution in [3.8, 4) is 0 Å². The summed E-state index contributed by atoms with van der Waals surface area (Å²) < 4.78 is 9.13. The zero-order valence-electron chi connectivity index (χ0n) is 7.25. The summed E-state index contributed by atoms with van der Waals surface area (Å²) in [5.74, 6) is -1.01. The highest BCUT2D eigenvalue weighted by Gasteiger charge is 2.31. The number of alkyl halides is 2. The summed E-state index contributed by atoms with van der Waals surface area (Å²) in [4.78, 5) is 20.6. The first-order chi connectivity index (χ1) is 6.04. The summed E-state index contributed by atoms with van der Waals surface area (Å²) in [5, 5.41) is 0. The molecule has 13 heavy (non-hydrogen) atoms. The second-order valence-corrected chi connectivity index (χ2v) is 4.05. The van der Waals surface area contributed by atoms with Crippen LogP contribution in [-0.2, 0) is 19.1 Å². The molecule has 0 aliphatic rings. The molecule has 0 aliphatic carbocycles. The lowest BCUT2D eigenvalue weighted by Gasteiger charge is -2.12. The van der Waals surface area contributed by atoms with Crippen molar-refractivity contribution in [2.75, 3.05) is 13.7 Å². The van der Waals surface area contributed by atoms with E-state index >= 15 is 0 Å². The van der Waals surface area contributed by atoms with Crippen molar-refractivity contribution in [3.05, 3.63) is 0 Å². The fourth-order valence-electron chi connectivity index (χ4n) is 0.573. The van der Waals surface area contributed by atoms with Gasteiger partial charge in [0.05, 0.1) is 13.7 Å². The molecule has 0 saturated heterocycles. The standard InChI is InChI=1S/C7H10Br2O4/c1-3-13-7(11)5(9)4(8)6(10)12-2/h4-5H,3H2,1-2H3. The number of esters is 2. The summed E-state index contributed by atoms with van der Waals surface area (Å²) in [6, 6.07) is 0. The molecule has 6 heteroatoms. The lowest BCUT2D eigenvalue weighted by atomic mass is 10.3. The molecule has 2 atom stereocenters. The highest BCUT2D eigenvalue weighted by Crippen LogP contribution is 2.17. The fourth-order valence-corrected chi connectivity index (χ4v) is 1.32. The first-order valence-corrected chi connectivity index (χ1v) is 5.40. The van der Waals surface area contributed by atoms with E-state index in [0.717, 1.165) is 0 Å². The second-order valence-electron chi connectivity index (χ2n) is 2.08. The van der Waals surface area contributed by atoms with Gasteiger partial charge >= 0.3 is 11.9 Å². The number of methoxy groups -OCH3 is 1. The van der Waals surface area contributed by atoms with Crippen LogP contribution in [-0.4, -0.2) is 35.3 Å². The normalized spacial score (nSPS) is 14.5. The molecule has 0 amide bonds. The van der Waals surface area contributed by atoms with Gasteiger partial charge < -0.3 is 9.47 Å². The molecule has 4 nitrogen and oxygen atoms in total. The highest BCUT2D eigenvalue weighted by atomic mass is 79.9. The Balaban J connectivity index is 4.16. The smallest absolute Gasteiger partial charge is 0.321 e. The van der Waals surface area contributed by atoms with Gasteiger partial charge in [0.1, 0.15) is 9.65 Å². The van der Waals surface area contributed by atoms with Gasteiger partial charge in [-0.1, -0.05) is 31.9 Å². The summed E-state index contributed by atoms with van der Waals surface area (Å²) in [6.45, 7) is 1.97. The van der Waals surface area contributed by atoms with Crippen LogP contribution in [0.3, 0.4) is 0 Å². The van der Waals surface area contributed by atoms with Crippen molar-refractivity contribution in [1.82, 2.24) is 0 Å². The average Bonchev–Trinajstić information content (AvgIpc) is 2.14. The van der Waals surface area contributed by atoms with Crippen molar-refractivity contribution in [1.29, 1.82) is 0 Å². The van der Waals surface area contributed by atoms with Crippen LogP contribution < -0.4 is 0 Å². The van der Waals surface area contributed by atoms with Gasteiger partial charge in [-0.05, 0) is 6.92 Å². The third-order valence-electron chi connectivity index (χ3n) is 1.20. The minimum Gasteiger partial charge on any atom is -0.468 e. The van der Waals surface area contributed by atoms with E-state index in [0.29, 0.717) is 0 Å². The predicted octanol–water partition coefficient (Wildman–Crippen LogP) is 1.25. The van der Waals surface area contributed by atoms with E-state index in [2.05, 4.69) is 36.6 Å². The summed E-state index contributed by atoms with van der Waals surface area (Å²) in [5.41, 5.74) is 0. The maximum atomic E-state index is 11.1. The molecule has 0 aliphatic heterocycles. The zero-order valence-corrected chi connectivity index (χ0v) is 10.4. The van der Waals surface area contributed by atoms with Gasteiger partial charge in [0.25, 0.3) is 0 Å². The third kappa shape index (κ3) is 4.08. The van der Waals surface area contributed by atoms with E-state index in [4.69, 9.17) is 4.74 Å². The zero-order chi connectivity index (χ0) is 10.4. The molecule has 0 aromatic carbocycles. The van der Waals surface area contributed by atoms with Crippen LogP contribution in [0.5, 0.6) is 0 Å². The summed E-state index contributed by atoms with van der Waals surface area (Å²) >= 11 is 6.05. The first kappa shape index (κ1) is 12.9. The molecule has 0 aromatic rings. The van der Waals surface area contributed by atoms with Crippen molar-refractivity contribution in [2.24, 2.45) is 0 Å². The van der Waals surface area contributed by atoms with Crippen LogP contribution in [0.4, 0.5) is 0 Å². The van der Waals surface area contributed by atoms with E-state index in [9.17, 15) is 9.59 Å². The number of rotatable bonds is 4. The van der Waals surface area contributed by atoms with Crippen molar-refractivity contribution < 1.29 is 19.1 Å². The summed E-state index contributed by atoms with van der Waals surface area (Å²) in [6.07, 6.45) is 0. The predicted molar refractivity (Wildman–Crippen MR) is 54.1 cm³/mol. The lowest BCUT2D eigenvalue weighted by molar-refractivity contribution is -0.147. The van der Waals surface area contributed by atoms with Crippen LogP contribution in [0.2, 0.25) is 0 Å². The van der Waals surface area contributed by atoms with Crippen LogP contribution in [0.15, 0.2) is 0 Å². The topological polar surface area (TPSA) is 52.6 Å². The largest absolute Gasteiger partial charge is 0.468 e. The molecule has 0 rings (SSSR count). The number of carbonyl (C=O) groups is 2. The minimum absolute atomic E-state index is 0.280. The SMILES string of the molecule is CCOC(=O)C(Br)C(Br)C(=O)OC. The second kappa shape index (κ2) is 6.37. The van der Waals surface area contributed by atoms with Crippen molar-refractivity contribution >= 4 is 43.8 Å². The van der Waals surface area contributed by atoms with Gasteiger partial charge in [-0.25, -0.2) is 0 Å². The molecule has 0 N–H and O–H groups in total. The van der Waals surface area contributed by atoms with Crippen LogP contribution in [0.1, 0.15) is 6.92 Å². The Kier molecular flexibility index (Phi) is 6.32. The molecule has 0 saturated carbocycles. The van der Waals surface area contributed by atoms with Crippen molar-refractivity contribution in [3.63, 3.8) is 0 Å². The molecule has 0 radical (unpaired) electrons. The first-order valence-electron chi connectivity index (χ1n) is 3.57. The van der Waals surface area contributed by atoms with Gasteiger partial charge in [-0.15, -0.1) is 0 Å². The van der Waals surface area contributed by atoms with E-state index in [-0.39, 0.29) is 6.61 Å². The van der Waals surface area contributed by atoms with E-state index in [1.165, 1.54) is 7.11 Å². The van der Waals surface area contributed by atoms with Crippen LogP contribution in [0.25, 0.3) is 0 Å². The maximum absolute atomic E-state index is 11.1. The molecular weight excluding hydrogens is 308 g/mol. The Morgan fingerprint density at radius 3 is 2.08 bits per heavy atom. The number of halogens is 2.